The number of esters is 1. The molecule has 0 spiro atoms. The summed E-state index contributed by atoms with van der Waals surface area (Å²) < 4.78 is 10.9. The van der Waals surface area contributed by atoms with E-state index in [1.807, 2.05) is 31.2 Å². The first-order valence-electron chi connectivity index (χ1n) is 9.38. The number of rotatable bonds is 8. The largest absolute Gasteiger partial charge is 0.455 e. The summed E-state index contributed by atoms with van der Waals surface area (Å²) in [4.78, 5) is 33.9. The van der Waals surface area contributed by atoms with Gasteiger partial charge in [-0.25, -0.2) is 9.97 Å². The third-order valence-corrected chi connectivity index (χ3v) is 4.32. The monoisotopic (exact) mass is 440 g/mol. The minimum absolute atomic E-state index is 0.101. The summed E-state index contributed by atoms with van der Waals surface area (Å²) in [5.41, 5.74) is 1.46. The Morgan fingerprint density at radius 1 is 1.10 bits per heavy atom. The van der Waals surface area contributed by atoms with Gasteiger partial charge in [-0.05, 0) is 43.3 Å². The van der Waals surface area contributed by atoms with Gasteiger partial charge in [-0.1, -0.05) is 29.3 Å². The van der Waals surface area contributed by atoms with Crippen LogP contribution in [-0.4, -0.2) is 42.0 Å². The van der Waals surface area contributed by atoms with Gasteiger partial charge in [0.1, 0.15) is 12.3 Å². The van der Waals surface area contributed by atoms with Crippen molar-refractivity contribution >= 4 is 35.1 Å². The van der Waals surface area contributed by atoms with E-state index in [1.165, 1.54) is 4.90 Å². The maximum absolute atomic E-state index is 12.3. The van der Waals surface area contributed by atoms with E-state index in [-0.39, 0.29) is 6.54 Å². The third-order valence-electron chi connectivity index (χ3n) is 4.09. The molecule has 1 heterocycles. The highest BCUT2D eigenvalue weighted by molar-refractivity contribution is 6.31. The average Bonchev–Trinajstić information content (AvgIpc) is 2.76. The molecule has 31 heavy (non-hydrogen) atoms. The Morgan fingerprint density at radius 3 is 2.52 bits per heavy atom. The fraction of sp³-hybridized carbons (Fsp3) is 0.182. The Labute approximate surface area is 184 Å². The summed E-state index contributed by atoms with van der Waals surface area (Å²) in [6.07, 6.45) is 3.14. The Bertz CT molecular complexity index is 1050. The second-order valence-electron chi connectivity index (χ2n) is 6.67. The topological polar surface area (TPSA) is 93.6 Å². The van der Waals surface area contributed by atoms with Crippen LogP contribution in [-0.2, 0) is 14.3 Å². The van der Waals surface area contributed by atoms with E-state index in [0.29, 0.717) is 28.2 Å². The van der Waals surface area contributed by atoms with Crippen molar-refractivity contribution in [2.75, 3.05) is 30.4 Å². The molecule has 0 radical (unpaired) electrons. The van der Waals surface area contributed by atoms with Gasteiger partial charge >= 0.3 is 5.97 Å². The van der Waals surface area contributed by atoms with Crippen molar-refractivity contribution < 1.29 is 19.1 Å². The van der Waals surface area contributed by atoms with Crippen molar-refractivity contribution in [1.29, 1.82) is 0 Å². The molecule has 0 aliphatic heterocycles. The summed E-state index contributed by atoms with van der Waals surface area (Å²) in [6.45, 7) is 1.42. The van der Waals surface area contributed by atoms with Gasteiger partial charge < -0.3 is 19.7 Å². The second-order valence-corrected chi connectivity index (χ2v) is 7.11. The maximum Gasteiger partial charge on any atom is 0.326 e. The fourth-order valence-electron chi connectivity index (χ4n) is 2.55. The van der Waals surface area contributed by atoms with Crippen LogP contribution in [0.2, 0.25) is 5.02 Å². The summed E-state index contributed by atoms with van der Waals surface area (Å²) in [5.74, 6) is 0.283. The Balaban J connectivity index is 1.56. The molecule has 2 aromatic carbocycles. The number of amides is 1. The lowest BCUT2D eigenvalue weighted by Crippen LogP contribution is -2.30. The lowest BCUT2D eigenvalue weighted by atomic mass is 10.2. The van der Waals surface area contributed by atoms with E-state index in [1.54, 1.807) is 43.7 Å². The highest BCUT2D eigenvalue weighted by Gasteiger charge is 2.14. The van der Waals surface area contributed by atoms with E-state index < -0.39 is 18.5 Å². The first kappa shape index (κ1) is 22.0. The molecule has 0 bridgehead atoms. The minimum atomic E-state index is -0.590. The van der Waals surface area contributed by atoms with Crippen molar-refractivity contribution in [1.82, 2.24) is 9.97 Å². The van der Waals surface area contributed by atoms with E-state index in [4.69, 9.17) is 21.1 Å². The number of carbonyl (C=O) groups excluding carboxylic acids is 2. The molecule has 9 heteroatoms. The number of aromatic nitrogens is 2. The maximum atomic E-state index is 12.3. The van der Waals surface area contributed by atoms with Crippen LogP contribution in [0.1, 0.15) is 5.56 Å². The van der Waals surface area contributed by atoms with Gasteiger partial charge in [-0.15, -0.1) is 0 Å². The Kier molecular flexibility index (Phi) is 7.40. The lowest BCUT2D eigenvalue weighted by Gasteiger charge is -2.16. The van der Waals surface area contributed by atoms with Crippen LogP contribution in [0.25, 0.3) is 0 Å². The first-order valence-corrected chi connectivity index (χ1v) is 9.76. The van der Waals surface area contributed by atoms with Crippen LogP contribution in [0.3, 0.4) is 0 Å². The number of aryl methyl sites for hydroxylation is 1. The molecule has 0 saturated carbocycles. The minimum Gasteiger partial charge on any atom is -0.455 e. The zero-order chi connectivity index (χ0) is 22.2. The van der Waals surface area contributed by atoms with Gasteiger partial charge in [0, 0.05) is 24.5 Å². The van der Waals surface area contributed by atoms with Gasteiger partial charge in [0.15, 0.2) is 12.4 Å². The molecule has 160 valence electrons. The van der Waals surface area contributed by atoms with Crippen LogP contribution >= 0.6 is 11.6 Å². The molecule has 1 aromatic heterocycles. The zero-order valence-electron chi connectivity index (χ0n) is 17.0. The first-order chi connectivity index (χ1) is 14.9. The molecular formula is C22H21ClN4O4. The standard InChI is InChI=1S/C22H21ClN4O4/c1-15-4-7-17(8-5-15)31-19-9-6-16(23)12-18(19)26-20(28)14-30-21(29)13-27(2)22-24-10-3-11-25-22/h3-12H,13-14H2,1-2H3,(H,26,28). The normalized spacial score (nSPS) is 10.3. The van der Waals surface area contributed by atoms with E-state index in [0.717, 1.165) is 5.56 Å². The number of nitrogens with one attached hydrogen (secondary N) is 1. The highest BCUT2D eigenvalue weighted by Crippen LogP contribution is 2.32. The number of hydrogen-bond donors (Lipinski definition) is 1. The van der Waals surface area contributed by atoms with Gasteiger partial charge in [-0.3, -0.25) is 9.59 Å². The average molecular weight is 441 g/mol. The summed E-state index contributed by atoms with van der Waals surface area (Å²) >= 11 is 6.06. The van der Waals surface area contributed by atoms with E-state index in [9.17, 15) is 9.59 Å². The predicted molar refractivity (Wildman–Crippen MR) is 118 cm³/mol. The fourth-order valence-corrected chi connectivity index (χ4v) is 2.72. The molecule has 3 aromatic rings. The van der Waals surface area contributed by atoms with Gasteiger partial charge in [-0.2, -0.15) is 0 Å². The van der Waals surface area contributed by atoms with Gasteiger partial charge in [0.2, 0.25) is 5.95 Å². The van der Waals surface area contributed by atoms with Crippen LogP contribution in [0.15, 0.2) is 60.9 Å². The molecule has 1 N–H and O–H groups in total. The van der Waals surface area contributed by atoms with Crippen LogP contribution in [0.5, 0.6) is 11.5 Å². The van der Waals surface area contributed by atoms with Crippen LogP contribution in [0.4, 0.5) is 11.6 Å². The highest BCUT2D eigenvalue weighted by atomic mass is 35.5. The van der Waals surface area contributed by atoms with Crippen LogP contribution in [0, 0.1) is 6.92 Å². The number of benzene rings is 2. The molecule has 0 saturated heterocycles. The number of ether oxygens (including phenoxy) is 2. The zero-order valence-corrected chi connectivity index (χ0v) is 17.8. The number of likely N-dealkylation sites (N-methyl/N-ethyl adjacent to an activating group) is 1. The SMILES string of the molecule is Cc1ccc(Oc2ccc(Cl)cc2NC(=O)COC(=O)CN(C)c2ncccn2)cc1. The molecule has 3 rings (SSSR count). The number of anilines is 2. The number of hydrogen-bond acceptors (Lipinski definition) is 7. The van der Waals surface area contributed by atoms with Crippen molar-refractivity contribution in [3.05, 3.63) is 71.5 Å². The molecule has 0 atom stereocenters. The number of carbonyl (C=O) groups is 2. The predicted octanol–water partition coefficient (Wildman–Crippen LogP) is 3.85. The van der Waals surface area contributed by atoms with Crippen molar-refractivity contribution in [3.63, 3.8) is 0 Å². The summed E-state index contributed by atoms with van der Waals surface area (Å²) in [6, 6.07) is 14.0. The van der Waals surface area contributed by atoms with E-state index in [2.05, 4.69) is 15.3 Å². The smallest absolute Gasteiger partial charge is 0.326 e. The molecule has 8 nitrogen and oxygen atoms in total. The number of halogens is 1. The number of nitrogens with zero attached hydrogens (tertiary/aromatic N) is 3. The van der Waals surface area contributed by atoms with Crippen molar-refractivity contribution in [2.24, 2.45) is 0 Å². The molecule has 0 unspecified atom stereocenters. The molecule has 0 fully saturated rings. The molecule has 0 aliphatic carbocycles. The summed E-state index contributed by atoms with van der Waals surface area (Å²) in [7, 11) is 1.65. The third kappa shape index (κ3) is 6.68. The lowest BCUT2D eigenvalue weighted by molar-refractivity contribution is -0.145. The summed E-state index contributed by atoms with van der Waals surface area (Å²) in [5, 5.41) is 3.08. The Hall–Kier alpha value is -3.65. The Morgan fingerprint density at radius 2 is 1.81 bits per heavy atom. The quantitative estimate of drug-likeness (QED) is 0.531. The second kappa shape index (κ2) is 10.4. The molecular weight excluding hydrogens is 420 g/mol. The van der Waals surface area contributed by atoms with Crippen LogP contribution < -0.4 is 15.0 Å². The van der Waals surface area contributed by atoms with Crippen molar-refractivity contribution in [3.8, 4) is 11.5 Å². The van der Waals surface area contributed by atoms with Gasteiger partial charge in [0.05, 0.1) is 5.69 Å². The molecule has 1 amide bonds. The van der Waals surface area contributed by atoms with Gasteiger partial charge in [0.25, 0.3) is 5.91 Å². The molecule has 0 aliphatic rings. The van der Waals surface area contributed by atoms with E-state index >= 15 is 0 Å². The van der Waals surface area contributed by atoms with Crippen molar-refractivity contribution in [2.45, 2.75) is 6.92 Å².